The predicted octanol–water partition coefficient (Wildman–Crippen LogP) is 3.38. The Morgan fingerprint density at radius 2 is 1.91 bits per heavy atom. The van der Waals surface area contributed by atoms with Crippen molar-refractivity contribution >= 4 is 17.8 Å². The molecule has 35 heavy (non-hydrogen) atoms. The zero-order chi connectivity index (χ0) is 24.8. The molecule has 0 radical (unpaired) electrons. The molecule has 2 aromatic carbocycles. The molecule has 1 aromatic heterocycles. The standard InChI is InChI=1S/C27H28N6O2/c1-2-32(17-20-7-4-3-5-8-20)26(35)23-16-30-27(33-14-6-9-22(18-33)25(29)34)31-24(23)21-12-10-19(15-28)11-13-21/h3-5,7-8,10-13,16,22H,2,6,9,14,17-18H2,1H3,(H2,29,34). The Morgan fingerprint density at radius 1 is 1.17 bits per heavy atom. The summed E-state index contributed by atoms with van der Waals surface area (Å²) in [6.07, 6.45) is 3.13. The van der Waals surface area contributed by atoms with Crippen LogP contribution in [0.3, 0.4) is 0 Å². The molecule has 1 aliphatic heterocycles. The summed E-state index contributed by atoms with van der Waals surface area (Å²) in [5, 5.41) is 9.19. The van der Waals surface area contributed by atoms with Crippen molar-refractivity contribution in [1.82, 2.24) is 14.9 Å². The van der Waals surface area contributed by atoms with Gasteiger partial charge in [-0.3, -0.25) is 9.59 Å². The number of anilines is 1. The summed E-state index contributed by atoms with van der Waals surface area (Å²) in [7, 11) is 0. The van der Waals surface area contributed by atoms with Crippen LogP contribution in [0.2, 0.25) is 0 Å². The summed E-state index contributed by atoms with van der Waals surface area (Å²) in [6, 6.07) is 18.9. The number of carbonyl (C=O) groups is 2. The highest BCUT2D eigenvalue weighted by Crippen LogP contribution is 2.27. The van der Waals surface area contributed by atoms with Crippen LogP contribution in [0.25, 0.3) is 11.3 Å². The van der Waals surface area contributed by atoms with Crippen LogP contribution in [0.4, 0.5) is 5.95 Å². The SMILES string of the molecule is CCN(Cc1ccccc1)C(=O)c1cnc(N2CCCC(C(N)=O)C2)nc1-c1ccc(C#N)cc1. The first-order valence-electron chi connectivity index (χ1n) is 11.7. The van der Waals surface area contributed by atoms with Crippen molar-refractivity contribution in [3.63, 3.8) is 0 Å². The van der Waals surface area contributed by atoms with Crippen molar-refractivity contribution in [2.24, 2.45) is 11.7 Å². The molecule has 8 nitrogen and oxygen atoms in total. The molecule has 1 saturated heterocycles. The predicted molar refractivity (Wildman–Crippen MR) is 133 cm³/mol. The van der Waals surface area contributed by atoms with Crippen LogP contribution in [-0.4, -0.2) is 46.3 Å². The van der Waals surface area contributed by atoms with E-state index in [1.807, 2.05) is 42.2 Å². The summed E-state index contributed by atoms with van der Waals surface area (Å²) in [4.78, 5) is 38.4. The van der Waals surface area contributed by atoms with E-state index in [9.17, 15) is 14.9 Å². The lowest BCUT2D eigenvalue weighted by Crippen LogP contribution is -2.42. The van der Waals surface area contributed by atoms with Gasteiger partial charge in [0.1, 0.15) is 0 Å². The fraction of sp³-hybridized carbons (Fsp3) is 0.296. The number of carbonyl (C=O) groups excluding carboxylic acids is 2. The van der Waals surface area contributed by atoms with Crippen molar-refractivity contribution in [2.45, 2.75) is 26.3 Å². The number of nitriles is 1. The molecule has 0 bridgehead atoms. The molecule has 2 amide bonds. The van der Waals surface area contributed by atoms with Crippen molar-refractivity contribution in [3.05, 3.63) is 77.5 Å². The fourth-order valence-electron chi connectivity index (χ4n) is 4.30. The van der Waals surface area contributed by atoms with E-state index in [0.29, 0.717) is 48.9 Å². The molecule has 1 atom stereocenters. The van der Waals surface area contributed by atoms with Gasteiger partial charge in [-0.15, -0.1) is 0 Å². The second-order valence-corrected chi connectivity index (χ2v) is 8.61. The Labute approximate surface area is 205 Å². The van der Waals surface area contributed by atoms with Crippen molar-refractivity contribution in [3.8, 4) is 17.3 Å². The number of piperidine rings is 1. The van der Waals surface area contributed by atoms with Crippen molar-refractivity contribution < 1.29 is 9.59 Å². The maximum absolute atomic E-state index is 13.6. The summed E-state index contributed by atoms with van der Waals surface area (Å²) in [6.45, 7) is 4.09. The van der Waals surface area contributed by atoms with Crippen LogP contribution in [-0.2, 0) is 11.3 Å². The maximum Gasteiger partial charge on any atom is 0.257 e. The molecule has 0 spiro atoms. The number of rotatable bonds is 7. The first-order valence-corrected chi connectivity index (χ1v) is 11.7. The van der Waals surface area contributed by atoms with Gasteiger partial charge < -0.3 is 15.5 Å². The minimum Gasteiger partial charge on any atom is -0.369 e. The van der Waals surface area contributed by atoms with Gasteiger partial charge in [-0.25, -0.2) is 9.97 Å². The minimum atomic E-state index is -0.326. The maximum atomic E-state index is 13.6. The largest absolute Gasteiger partial charge is 0.369 e. The summed E-state index contributed by atoms with van der Waals surface area (Å²) in [5.74, 6) is -0.296. The fourth-order valence-corrected chi connectivity index (χ4v) is 4.30. The van der Waals surface area contributed by atoms with E-state index in [1.54, 1.807) is 35.4 Å². The van der Waals surface area contributed by atoms with Gasteiger partial charge >= 0.3 is 0 Å². The highest BCUT2D eigenvalue weighted by Gasteiger charge is 2.27. The number of hydrogen-bond donors (Lipinski definition) is 1. The number of amides is 2. The van der Waals surface area contributed by atoms with E-state index in [0.717, 1.165) is 24.0 Å². The van der Waals surface area contributed by atoms with Gasteiger partial charge in [0, 0.05) is 37.9 Å². The highest BCUT2D eigenvalue weighted by atomic mass is 16.2. The van der Waals surface area contributed by atoms with E-state index in [2.05, 4.69) is 11.1 Å². The topological polar surface area (TPSA) is 116 Å². The zero-order valence-corrected chi connectivity index (χ0v) is 19.7. The Bertz CT molecular complexity index is 1240. The third-order valence-corrected chi connectivity index (χ3v) is 6.29. The first-order chi connectivity index (χ1) is 17.0. The van der Waals surface area contributed by atoms with Gasteiger partial charge in [-0.05, 0) is 37.5 Å². The molecule has 0 aliphatic carbocycles. The lowest BCUT2D eigenvalue weighted by atomic mass is 9.98. The Morgan fingerprint density at radius 3 is 2.57 bits per heavy atom. The number of benzene rings is 2. The van der Waals surface area contributed by atoms with Crippen molar-refractivity contribution in [2.75, 3.05) is 24.5 Å². The van der Waals surface area contributed by atoms with Crippen LogP contribution in [0, 0.1) is 17.2 Å². The zero-order valence-electron chi connectivity index (χ0n) is 19.7. The first kappa shape index (κ1) is 23.9. The summed E-state index contributed by atoms with van der Waals surface area (Å²) >= 11 is 0. The Kier molecular flexibility index (Phi) is 7.36. The average Bonchev–Trinajstić information content (AvgIpc) is 2.91. The van der Waals surface area contributed by atoms with Gasteiger partial charge in [-0.1, -0.05) is 42.5 Å². The number of primary amides is 1. The van der Waals surface area contributed by atoms with Crippen LogP contribution in [0.15, 0.2) is 60.8 Å². The third-order valence-electron chi connectivity index (χ3n) is 6.29. The number of nitrogens with two attached hydrogens (primary N) is 1. The molecule has 1 aliphatic rings. The molecule has 2 N–H and O–H groups in total. The molecule has 1 fully saturated rings. The molecule has 0 saturated carbocycles. The molecule has 3 aromatic rings. The van der Waals surface area contributed by atoms with E-state index < -0.39 is 0 Å². The van der Waals surface area contributed by atoms with Crippen LogP contribution in [0.5, 0.6) is 0 Å². The Balaban J connectivity index is 1.72. The normalized spacial score (nSPS) is 15.3. The van der Waals surface area contributed by atoms with E-state index in [1.165, 1.54) is 0 Å². The van der Waals surface area contributed by atoms with Gasteiger partial charge in [-0.2, -0.15) is 5.26 Å². The van der Waals surface area contributed by atoms with Crippen LogP contribution < -0.4 is 10.6 Å². The van der Waals surface area contributed by atoms with Crippen LogP contribution >= 0.6 is 0 Å². The molecule has 1 unspecified atom stereocenters. The number of hydrogen-bond acceptors (Lipinski definition) is 6. The second-order valence-electron chi connectivity index (χ2n) is 8.61. The monoisotopic (exact) mass is 468 g/mol. The molecule has 178 valence electrons. The second kappa shape index (κ2) is 10.8. The van der Waals surface area contributed by atoms with Crippen LogP contribution in [0.1, 0.15) is 41.3 Å². The summed E-state index contributed by atoms with van der Waals surface area (Å²) < 4.78 is 0. The number of nitrogens with zero attached hydrogens (tertiary/aromatic N) is 5. The van der Waals surface area contributed by atoms with Gasteiger partial charge in [0.15, 0.2) is 0 Å². The lowest BCUT2D eigenvalue weighted by molar-refractivity contribution is -0.122. The Hall–Kier alpha value is -4.25. The molecular weight excluding hydrogens is 440 g/mol. The van der Waals surface area contributed by atoms with E-state index in [4.69, 9.17) is 10.7 Å². The van der Waals surface area contributed by atoms with Gasteiger partial charge in [0.2, 0.25) is 11.9 Å². The van der Waals surface area contributed by atoms with Gasteiger partial charge in [0.25, 0.3) is 5.91 Å². The molecule has 2 heterocycles. The average molecular weight is 469 g/mol. The third kappa shape index (κ3) is 5.46. The molecule has 4 rings (SSSR count). The van der Waals surface area contributed by atoms with Gasteiger partial charge in [0.05, 0.1) is 28.8 Å². The van der Waals surface area contributed by atoms with E-state index >= 15 is 0 Å². The number of aromatic nitrogens is 2. The lowest BCUT2D eigenvalue weighted by Gasteiger charge is -2.31. The smallest absolute Gasteiger partial charge is 0.257 e. The summed E-state index contributed by atoms with van der Waals surface area (Å²) in [5.41, 5.74) is 8.71. The van der Waals surface area contributed by atoms with Crippen molar-refractivity contribution in [1.29, 1.82) is 5.26 Å². The quantitative estimate of drug-likeness (QED) is 0.568. The highest BCUT2D eigenvalue weighted by molar-refractivity contribution is 5.99. The minimum absolute atomic E-state index is 0.170. The molecule has 8 heteroatoms. The van der Waals surface area contributed by atoms with E-state index in [-0.39, 0.29) is 17.7 Å². The molecular formula is C27H28N6O2.